The van der Waals surface area contributed by atoms with E-state index in [0.29, 0.717) is 24.2 Å². The molecule has 1 rings (SSSR count). The van der Waals surface area contributed by atoms with Crippen molar-refractivity contribution in [3.05, 3.63) is 23.4 Å². The Morgan fingerprint density at radius 1 is 1.45 bits per heavy atom. The number of hydrogen-bond donors (Lipinski definition) is 3. The summed E-state index contributed by atoms with van der Waals surface area (Å²) < 4.78 is 0. The van der Waals surface area contributed by atoms with Gasteiger partial charge >= 0.3 is 0 Å². The Morgan fingerprint density at radius 2 is 2.15 bits per heavy atom. The van der Waals surface area contributed by atoms with E-state index in [1.54, 1.807) is 13.0 Å². The first-order valence-corrected chi connectivity index (χ1v) is 6.88. The molecule has 20 heavy (non-hydrogen) atoms. The van der Waals surface area contributed by atoms with Crippen LogP contribution in [0.25, 0.3) is 0 Å². The van der Waals surface area contributed by atoms with Gasteiger partial charge in [0, 0.05) is 18.8 Å². The van der Waals surface area contributed by atoms with Crippen LogP contribution in [-0.4, -0.2) is 33.9 Å². The zero-order valence-corrected chi connectivity index (χ0v) is 12.3. The largest absolute Gasteiger partial charge is 0.396 e. The number of aliphatic hydroxyl groups excluding tert-OH is 1. The Kier molecular flexibility index (Phi) is 5.93. The molecule has 0 aliphatic rings. The van der Waals surface area contributed by atoms with Crippen LogP contribution < -0.4 is 5.32 Å². The molecule has 0 spiro atoms. The third-order valence-corrected chi connectivity index (χ3v) is 3.14. The van der Waals surface area contributed by atoms with Crippen molar-refractivity contribution >= 4 is 5.82 Å². The second-order valence-electron chi connectivity index (χ2n) is 5.58. The fourth-order valence-electron chi connectivity index (χ4n) is 1.84. The Balaban J connectivity index is 2.80. The van der Waals surface area contributed by atoms with Crippen LogP contribution in [0.4, 0.5) is 5.82 Å². The molecule has 0 radical (unpaired) electrons. The maximum absolute atomic E-state index is 10.2. The topological polar surface area (TPSA) is 89.2 Å². The van der Waals surface area contributed by atoms with Gasteiger partial charge in [-0.15, -0.1) is 0 Å². The predicted octanol–water partition coefficient (Wildman–Crippen LogP) is 2.01. The van der Waals surface area contributed by atoms with Gasteiger partial charge in [-0.2, -0.15) is 5.26 Å². The summed E-state index contributed by atoms with van der Waals surface area (Å²) in [4.78, 5) is 4.43. The zero-order valence-electron chi connectivity index (χ0n) is 12.3. The molecule has 1 aromatic rings. The van der Waals surface area contributed by atoms with E-state index in [1.165, 1.54) is 0 Å². The third-order valence-electron chi connectivity index (χ3n) is 3.14. The maximum atomic E-state index is 10.2. The van der Waals surface area contributed by atoms with E-state index < -0.39 is 5.60 Å². The van der Waals surface area contributed by atoms with Crippen molar-refractivity contribution in [3.8, 4) is 6.07 Å². The van der Waals surface area contributed by atoms with Crippen LogP contribution in [0.2, 0.25) is 0 Å². The lowest BCUT2D eigenvalue weighted by Crippen LogP contribution is -2.34. The highest BCUT2D eigenvalue weighted by Gasteiger charge is 2.20. The van der Waals surface area contributed by atoms with Gasteiger partial charge in [-0.05, 0) is 37.8 Å². The summed E-state index contributed by atoms with van der Waals surface area (Å²) in [5.41, 5.74) is 0.430. The van der Waals surface area contributed by atoms with Gasteiger partial charge in [0.05, 0.1) is 11.2 Å². The molecule has 3 N–H and O–H groups in total. The molecule has 110 valence electrons. The highest BCUT2D eigenvalue weighted by atomic mass is 16.3. The Morgan fingerprint density at radius 3 is 2.70 bits per heavy atom. The standard InChI is InChI=1S/C15H23N3O2/c1-11(2)13-6-5-12(9-16)14(18-13)17-10-15(3,20)7-4-8-19/h5-6,11,19-20H,4,7-8,10H2,1-3H3,(H,17,18). The minimum Gasteiger partial charge on any atom is -0.396 e. The summed E-state index contributed by atoms with van der Waals surface area (Å²) >= 11 is 0. The van der Waals surface area contributed by atoms with E-state index in [9.17, 15) is 5.11 Å². The van der Waals surface area contributed by atoms with Crippen LogP contribution in [0.3, 0.4) is 0 Å². The molecule has 0 saturated heterocycles. The van der Waals surface area contributed by atoms with E-state index in [0.717, 1.165) is 5.69 Å². The first kappa shape index (κ1) is 16.4. The second kappa shape index (κ2) is 7.22. The van der Waals surface area contributed by atoms with Crippen LogP contribution in [0, 0.1) is 11.3 Å². The highest BCUT2D eigenvalue weighted by molar-refractivity contribution is 5.52. The van der Waals surface area contributed by atoms with Crippen LogP contribution in [0.5, 0.6) is 0 Å². The number of pyridine rings is 1. The zero-order chi connectivity index (χ0) is 15.2. The highest BCUT2D eigenvalue weighted by Crippen LogP contribution is 2.20. The van der Waals surface area contributed by atoms with Crippen molar-refractivity contribution < 1.29 is 10.2 Å². The molecule has 0 bridgehead atoms. The Labute approximate surface area is 120 Å². The quantitative estimate of drug-likeness (QED) is 0.709. The SMILES string of the molecule is CC(C)c1ccc(C#N)c(NCC(C)(O)CCCO)n1. The number of nitriles is 1. The molecule has 1 heterocycles. The molecule has 0 aliphatic carbocycles. The summed E-state index contributed by atoms with van der Waals surface area (Å²) in [5.74, 6) is 0.779. The monoisotopic (exact) mass is 277 g/mol. The first-order chi connectivity index (χ1) is 9.39. The fourth-order valence-corrected chi connectivity index (χ4v) is 1.84. The van der Waals surface area contributed by atoms with Gasteiger partial charge in [-0.1, -0.05) is 13.8 Å². The summed E-state index contributed by atoms with van der Waals surface area (Å²) in [6.45, 7) is 6.12. The van der Waals surface area contributed by atoms with E-state index in [1.807, 2.05) is 19.9 Å². The van der Waals surface area contributed by atoms with Crippen molar-refractivity contribution in [2.24, 2.45) is 0 Å². The number of nitrogens with one attached hydrogen (secondary N) is 1. The van der Waals surface area contributed by atoms with Crippen molar-refractivity contribution in [1.29, 1.82) is 5.26 Å². The summed E-state index contributed by atoms with van der Waals surface area (Å²) in [6, 6.07) is 5.68. The van der Waals surface area contributed by atoms with Crippen molar-refractivity contribution in [2.45, 2.75) is 45.1 Å². The van der Waals surface area contributed by atoms with Crippen LogP contribution in [0.15, 0.2) is 12.1 Å². The lowest BCUT2D eigenvalue weighted by atomic mass is 10.0. The number of anilines is 1. The van der Waals surface area contributed by atoms with Gasteiger partial charge in [0.15, 0.2) is 0 Å². The lowest BCUT2D eigenvalue weighted by molar-refractivity contribution is 0.0565. The minimum absolute atomic E-state index is 0.0562. The minimum atomic E-state index is -0.940. The van der Waals surface area contributed by atoms with Crippen molar-refractivity contribution in [1.82, 2.24) is 4.98 Å². The molecule has 5 heteroatoms. The number of nitrogens with zero attached hydrogens (tertiary/aromatic N) is 2. The number of rotatable bonds is 7. The number of aliphatic hydroxyl groups is 2. The van der Waals surface area contributed by atoms with Crippen molar-refractivity contribution in [2.75, 3.05) is 18.5 Å². The lowest BCUT2D eigenvalue weighted by Gasteiger charge is -2.24. The summed E-state index contributed by atoms with van der Waals surface area (Å²) in [6.07, 6.45) is 1.03. The van der Waals surface area contributed by atoms with Gasteiger partial charge in [0.2, 0.25) is 0 Å². The van der Waals surface area contributed by atoms with E-state index >= 15 is 0 Å². The molecule has 0 aliphatic heterocycles. The molecule has 0 amide bonds. The number of hydrogen-bond acceptors (Lipinski definition) is 5. The van der Waals surface area contributed by atoms with Crippen LogP contribution in [0.1, 0.15) is 50.8 Å². The average molecular weight is 277 g/mol. The van der Waals surface area contributed by atoms with Gasteiger partial charge in [0.1, 0.15) is 11.9 Å². The Hall–Kier alpha value is -1.64. The van der Waals surface area contributed by atoms with Gasteiger partial charge in [-0.25, -0.2) is 4.98 Å². The smallest absolute Gasteiger partial charge is 0.144 e. The summed E-state index contributed by atoms with van der Waals surface area (Å²) in [5, 5.41) is 31.1. The van der Waals surface area contributed by atoms with E-state index in [4.69, 9.17) is 10.4 Å². The van der Waals surface area contributed by atoms with Gasteiger partial charge < -0.3 is 15.5 Å². The van der Waals surface area contributed by atoms with Crippen molar-refractivity contribution in [3.63, 3.8) is 0 Å². The molecule has 0 fully saturated rings. The maximum Gasteiger partial charge on any atom is 0.144 e. The molecular formula is C15H23N3O2. The number of aromatic nitrogens is 1. The third kappa shape index (κ3) is 4.80. The molecule has 1 atom stereocenters. The molecule has 0 aromatic carbocycles. The van der Waals surface area contributed by atoms with Crippen LogP contribution >= 0.6 is 0 Å². The molecule has 0 saturated carbocycles. The summed E-state index contributed by atoms with van der Waals surface area (Å²) in [7, 11) is 0. The first-order valence-electron chi connectivity index (χ1n) is 6.88. The van der Waals surface area contributed by atoms with Gasteiger partial charge in [0.25, 0.3) is 0 Å². The molecular weight excluding hydrogens is 254 g/mol. The van der Waals surface area contributed by atoms with Crippen LogP contribution in [-0.2, 0) is 0 Å². The normalized spacial score (nSPS) is 13.8. The molecule has 1 unspecified atom stereocenters. The fraction of sp³-hybridized carbons (Fsp3) is 0.600. The second-order valence-corrected chi connectivity index (χ2v) is 5.58. The average Bonchev–Trinajstić information content (AvgIpc) is 2.42. The van der Waals surface area contributed by atoms with E-state index in [-0.39, 0.29) is 19.1 Å². The molecule has 5 nitrogen and oxygen atoms in total. The van der Waals surface area contributed by atoms with E-state index in [2.05, 4.69) is 16.4 Å². The van der Waals surface area contributed by atoms with Gasteiger partial charge in [-0.3, -0.25) is 0 Å². The predicted molar refractivity (Wildman–Crippen MR) is 78.5 cm³/mol. The molecule has 1 aromatic heterocycles. The Bertz CT molecular complexity index is 478.